The van der Waals surface area contributed by atoms with Crippen LogP contribution in [0, 0.1) is 5.82 Å². The van der Waals surface area contributed by atoms with E-state index in [1.54, 1.807) is 13.1 Å². The molecule has 0 bridgehead atoms. The van der Waals surface area contributed by atoms with Crippen molar-refractivity contribution in [1.82, 2.24) is 13.9 Å². The van der Waals surface area contributed by atoms with Gasteiger partial charge in [-0.05, 0) is 36.4 Å². The molecule has 0 fully saturated rings. The number of benzene rings is 2. The summed E-state index contributed by atoms with van der Waals surface area (Å²) in [6.07, 6.45) is 0.373. The number of aromatic nitrogens is 2. The molecule has 0 saturated carbocycles. The van der Waals surface area contributed by atoms with Gasteiger partial charge >= 0.3 is 5.97 Å². The minimum atomic E-state index is -3.57. The van der Waals surface area contributed by atoms with Crippen LogP contribution < -0.4 is 4.74 Å². The molecule has 8 nitrogen and oxygen atoms in total. The molecule has 0 spiro atoms. The van der Waals surface area contributed by atoms with Crippen LogP contribution in [0.1, 0.15) is 17.8 Å². The van der Waals surface area contributed by atoms with Gasteiger partial charge in [0.2, 0.25) is 10.0 Å². The van der Waals surface area contributed by atoms with Crippen LogP contribution in [-0.4, -0.2) is 49.4 Å². The van der Waals surface area contributed by atoms with E-state index in [9.17, 15) is 17.6 Å². The zero-order chi connectivity index (χ0) is 22.8. The Bertz CT molecular complexity index is 1220. The molecule has 0 N–H and O–H groups in total. The van der Waals surface area contributed by atoms with Crippen molar-refractivity contribution in [1.29, 1.82) is 0 Å². The Labute approximate surface area is 180 Å². The number of nitrogens with zero attached hydrogens (tertiary/aromatic N) is 3. The summed E-state index contributed by atoms with van der Waals surface area (Å²) in [6.45, 7) is -0.103. The van der Waals surface area contributed by atoms with Crippen LogP contribution in [0.15, 0.2) is 41.3 Å². The number of esters is 1. The topological polar surface area (TPSA) is 90.7 Å². The van der Waals surface area contributed by atoms with Gasteiger partial charge in [-0.2, -0.15) is 0 Å². The number of carbonyl (C=O) groups excluding carboxylic acids is 1. The number of methoxy groups -OCH3 is 1. The average molecular weight is 450 g/mol. The third kappa shape index (κ3) is 4.86. The summed E-state index contributed by atoms with van der Waals surface area (Å²) >= 11 is 0. The Hall–Kier alpha value is -2.98. The summed E-state index contributed by atoms with van der Waals surface area (Å²) in [6, 6.07) is 8.74. The van der Waals surface area contributed by atoms with E-state index in [0.717, 1.165) is 9.82 Å². The Balaban J connectivity index is 1.69. The van der Waals surface area contributed by atoms with Gasteiger partial charge in [0.15, 0.2) is 0 Å². The summed E-state index contributed by atoms with van der Waals surface area (Å²) in [7, 11) is 2.62. The Morgan fingerprint density at radius 1 is 1.19 bits per heavy atom. The zero-order valence-corrected chi connectivity index (χ0v) is 18.6. The maximum Gasteiger partial charge on any atom is 0.306 e. The van der Waals surface area contributed by atoms with Gasteiger partial charge in [-0.3, -0.25) is 4.79 Å². The number of fused-ring (bicyclic) bond motifs is 1. The van der Waals surface area contributed by atoms with E-state index in [0.29, 0.717) is 29.1 Å². The number of ether oxygens (including phenoxy) is 2. The van der Waals surface area contributed by atoms with E-state index in [1.165, 1.54) is 51.5 Å². The van der Waals surface area contributed by atoms with Gasteiger partial charge in [-0.1, -0.05) is 0 Å². The molecule has 3 aromatic rings. The molecule has 0 aliphatic rings. The highest BCUT2D eigenvalue weighted by molar-refractivity contribution is 7.89. The molecule has 0 amide bonds. The summed E-state index contributed by atoms with van der Waals surface area (Å²) in [4.78, 5) is 16.8. The normalized spacial score (nSPS) is 11.8. The lowest BCUT2D eigenvalue weighted by Crippen LogP contribution is -2.22. The highest BCUT2D eigenvalue weighted by Gasteiger charge is 2.19. The third-order valence-corrected chi connectivity index (χ3v) is 6.72. The van der Waals surface area contributed by atoms with Crippen molar-refractivity contribution < 1.29 is 27.1 Å². The zero-order valence-electron chi connectivity index (χ0n) is 17.8. The summed E-state index contributed by atoms with van der Waals surface area (Å²) in [5.74, 6) is 0.152. The molecule has 0 unspecified atom stereocenters. The average Bonchev–Trinajstić information content (AvgIpc) is 3.05. The molecule has 0 radical (unpaired) electrons. The van der Waals surface area contributed by atoms with Crippen LogP contribution in [0.25, 0.3) is 11.0 Å². The van der Waals surface area contributed by atoms with Crippen LogP contribution in [0.3, 0.4) is 0 Å². The van der Waals surface area contributed by atoms with E-state index in [4.69, 9.17) is 9.47 Å². The third-order valence-electron chi connectivity index (χ3n) is 4.91. The van der Waals surface area contributed by atoms with Crippen molar-refractivity contribution in [2.24, 2.45) is 7.05 Å². The van der Waals surface area contributed by atoms with Gasteiger partial charge in [0, 0.05) is 33.1 Å². The molecule has 31 heavy (non-hydrogen) atoms. The number of sulfonamides is 1. The predicted molar refractivity (Wildman–Crippen MR) is 113 cm³/mol. The number of hydrogen-bond acceptors (Lipinski definition) is 6. The van der Waals surface area contributed by atoms with Crippen molar-refractivity contribution in [3.8, 4) is 5.75 Å². The molecule has 0 atom stereocenters. The van der Waals surface area contributed by atoms with E-state index in [1.807, 2.05) is 4.57 Å². The van der Waals surface area contributed by atoms with E-state index in [-0.39, 0.29) is 17.9 Å². The predicted octanol–water partition coefficient (Wildman–Crippen LogP) is 2.65. The van der Waals surface area contributed by atoms with E-state index in [2.05, 4.69) is 4.98 Å². The SMILES string of the molecule is COc1ccc(F)cc1COC(=O)CCc1nc2cc(S(=O)(=O)N(C)C)ccc2n1C. The highest BCUT2D eigenvalue weighted by Crippen LogP contribution is 2.23. The lowest BCUT2D eigenvalue weighted by atomic mass is 10.2. The molecule has 1 heterocycles. The smallest absolute Gasteiger partial charge is 0.306 e. The molecule has 1 aromatic heterocycles. The minimum absolute atomic E-state index is 0.0671. The van der Waals surface area contributed by atoms with Crippen molar-refractivity contribution in [3.05, 3.63) is 53.6 Å². The first-order valence-electron chi connectivity index (χ1n) is 9.49. The van der Waals surface area contributed by atoms with Crippen LogP contribution in [0.5, 0.6) is 5.75 Å². The number of imidazole rings is 1. The molecule has 0 aliphatic carbocycles. The van der Waals surface area contributed by atoms with Gasteiger partial charge in [0.05, 0.1) is 29.5 Å². The Morgan fingerprint density at radius 2 is 1.94 bits per heavy atom. The summed E-state index contributed by atoms with van der Waals surface area (Å²) in [5.41, 5.74) is 1.72. The molecular formula is C21H24FN3O5S. The molecule has 2 aromatic carbocycles. The maximum absolute atomic E-state index is 13.4. The van der Waals surface area contributed by atoms with Gasteiger partial charge in [-0.15, -0.1) is 0 Å². The largest absolute Gasteiger partial charge is 0.496 e. The fraction of sp³-hybridized carbons (Fsp3) is 0.333. The molecular weight excluding hydrogens is 425 g/mol. The van der Waals surface area contributed by atoms with Crippen LogP contribution in [0.4, 0.5) is 4.39 Å². The van der Waals surface area contributed by atoms with Crippen molar-refractivity contribution >= 4 is 27.0 Å². The first-order valence-corrected chi connectivity index (χ1v) is 10.9. The second-order valence-electron chi connectivity index (χ2n) is 7.14. The molecule has 3 rings (SSSR count). The van der Waals surface area contributed by atoms with Crippen molar-refractivity contribution in [2.45, 2.75) is 24.3 Å². The van der Waals surface area contributed by atoms with E-state index >= 15 is 0 Å². The molecule has 166 valence electrons. The van der Waals surface area contributed by atoms with Crippen molar-refractivity contribution in [2.75, 3.05) is 21.2 Å². The quantitative estimate of drug-likeness (QED) is 0.491. The van der Waals surface area contributed by atoms with Crippen LogP contribution in [0.2, 0.25) is 0 Å². The fourth-order valence-electron chi connectivity index (χ4n) is 3.13. The Kier molecular flexibility index (Phi) is 6.61. The lowest BCUT2D eigenvalue weighted by molar-refractivity contribution is -0.145. The maximum atomic E-state index is 13.4. The van der Waals surface area contributed by atoms with Gasteiger partial charge in [0.1, 0.15) is 24.0 Å². The number of rotatable bonds is 8. The van der Waals surface area contributed by atoms with Crippen LogP contribution in [-0.2, 0) is 39.6 Å². The standard InChI is InChI=1S/C21H24FN3O5S/c1-24(2)31(27,28)16-6-7-18-17(12-16)23-20(25(18)3)9-10-21(26)30-13-14-11-15(22)5-8-19(14)29-4/h5-8,11-12H,9-10,13H2,1-4H3. The summed E-state index contributed by atoms with van der Waals surface area (Å²) in [5, 5.41) is 0. The van der Waals surface area contributed by atoms with E-state index < -0.39 is 21.8 Å². The minimum Gasteiger partial charge on any atom is -0.496 e. The molecule has 10 heteroatoms. The monoisotopic (exact) mass is 449 g/mol. The second-order valence-corrected chi connectivity index (χ2v) is 9.29. The van der Waals surface area contributed by atoms with Gasteiger partial charge < -0.3 is 14.0 Å². The number of aryl methyl sites for hydroxylation is 2. The molecule has 0 saturated heterocycles. The lowest BCUT2D eigenvalue weighted by Gasteiger charge is -2.11. The number of carbonyl (C=O) groups is 1. The van der Waals surface area contributed by atoms with Crippen LogP contribution >= 0.6 is 0 Å². The highest BCUT2D eigenvalue weighted by atomic mass is 32.2. The molecule has 0 aliphatic heterocycles. The number of halogens is 1. The second kappa shape index (κ2) is 9.03. The van der Waals surface area contributed by atoms with Crippen molar-refractivity contribution in [3.63, 3.8) is 0 Å². The van der Waals surface area contributed by atoms with Gasteiger partial charge in [-0.25, -0.2) is 22.1 Å². The fourth-order valence-corrected chi connectivity index (χ4v) is 4.05. The summed E-state index contributed by atoms with van der Waals surface area (Å²) < 4.78 is 51.4. The van der Waals surface area contributed by atoms with Gasteiger partial charge in [0.25, 0.3) is 0 Å². The Morgan fingerprint density at radius 3 is 2.61 bits per heavy atom. The first-order chi connectivity index (χ1) is 14.6. The number of hydrogen-bond donors (Lipinski definition) is 0. The first kappa shape index (κ1) is 22.7.